The molecule has 1 N–H and O–H groups in total. The van der Waals surface area contributed by atoms with Crippen molar-refractivity contribution in [3.05, 3.63) is 39.8 Å². The Morgan fingerprint density at radius 1 is 1.48 bits per heavy atom. The molecule has 0 spiro atoms. The Kier molecular flexibility index (Phi) is 4.21. The van der Waals surface area contributed by atoms with Crippen LogP contribution in [0.4, 0.5) is 0 Å². The third-order valence-electron chi connectivity index (χ3n) is 4.55. The van der Waals surface area contributed by atoms with Crippen LogP contribution in [0.25, 0.3) is 0 Å². The molecule has 0 unspecified atom stereocenters. The molecule has 3 heterocycles. The van der Waals surface area contributed by atoms with E-state index in [4.69, 9.17) is 0 Å². The monoisotopic (exact) mass is 332 g/mol. The number of hydrogen-bond donors (Lipinski definition) is 1. The van der Waals surface area contributed by atoms with E-state index in [-0.39, 0.29) is 30.2 Å². The van der Waals surface area contributed by atoms with Crippen molar-refractivity contribution in [3.63, 3.8) is 0 Å². The fourth-order valence-electron chi connectivity index (χ4n) is 2.98. The second-order valence-electron chi connectivity index (χ2n) is 5.87. The predicted octanol–water partition coefficient (Wildman–Crippen LogP) is 1.63. The summed E-state index contributed by atoms with van der Waals surface area (Å²) in [5, 5.41) is 9.11. The lowest BCUT2D eigenvalue weighted by Crippen LogP contribution is -2.34. The van der Waals surface area contributed by atoms with Gasteiger partial charge in [-0.25, -0.2) is 0 Å². The number of likely N-dealkylation sites (tertiary alicyclic amines) is 1. The Morgan fingerprint density at radius 2 is 2.26 bits per heavy atom. The van der Waals surface area contributed by atoms with Gasteiger partial charge in [-0.1, -0.05) is 6.07 Å². The molecule has 0 saturated carbocycles. The number of nitrogens with zero attached hydrogens (tertiary/aromatic N) is 3. The van der Waals surface area contributed by atoms with Crippen LogP contribution in [0.1, 0.15) is 28.6 Å². The van der Waals surface area contributed by atoms with E-state index in [1.165, 1.54) is 0 Å². The lowest BCUT2D eigenvalue weighted by molar-refractivity contribution is -0.128. The van der Waals surface area contributed by atoms with Gasteiger partial charge in [-0.05, 0) is 18.4 Å². The van der Waals surface area contributed by atoms with Gasteiger partial charge >= 0.3 is 0 Å². The molecule has 2 amide bonds. The second kappa shape index (κ2) is 6.16. The van der Waals surface area contributed by atoms with E-state index in [9.17, 15) is 9.59 Å². The van der Waals surface area contributed by atoms with Crippen LogP contribution in [0.5, 0.6) is 0 Å². The van der Waals surface area contributed by atoms with Crippen LogP contribution in [0.2, 0.25) is 0 Å². The topological polar surface area (TPSA) is 67.2 Å². The first-order chi connectivity index (χ1) is 11.0. The summed E-state index contributed by atoms with van der Waals surface area (Å²) < 4.78 is 1.78. The fraction of sp³-hybridized carbons (Fsp3) is 0.438. The average Bonchev–Trinajstić information content (AvgIpc) is 3.22. The van der Waals surface area contributed by atoms with Crippen molar-refractivity contribution in [3.8, 4) is 0 Å². The molecule has 0 aliphatic carbocycles. The molecule has 1 aliphatic heterocycles. The molecule has 23 heavy (non-hydrogen) atoms. The van der Waals surface area contributed by atoms with Crippen LogP contribution in [-0.2, 0) is 23.2 Å². The van der Waals surface area contributed by atoms with Gasteiger partial charge in [0.25, 0.3) is 0 Å². The Morgan fingerprint density at radius 3 is 2.87 bits per heavy atom. The molecule has 1 fully saturated rings. The van der Waals surface area contributed by atoms with Gasteiger partial charge in [-0.3, -0.25) is 14.3 Å². The Balaban J connectivity index is 1.73. The van der Waals surface area contributed by atoms with Gasteiger partial charge in [0.2, 0.25) is 11.8 Å². The minimum Gasteiger partial charge on any atom is -0.352 e. The van der Waals surface area contributed by atoms with Crippen molar-refractivity contribution in [2.24, 2.45) is 13.0 Å². The number of aryl methyl sites for hydroxylation is 1. The standard InChI is InChI=1S/C16H20N4O2S/c1-10-11(9-18-20(10)3)8-17-16(22)12-7-14(21)19(2)15(12)13-5-4-6-23-13/h4-6,9,12,15H,7-8H2,1-3H3,(H,17,22)/t12-,15-/m1/s1. The maximum Gasteiger partial charge on any atom is 0.226 e. The van der Waals surface area contributed by atoms with Gasteiger partial charge in [0, 0.05) is 43.2 Å². The van der Waals surface area contributed by atoms with Crippen molar-refractivity contribution in [2.45, 2.75) is 25.9 Å². The highest BCUT2D eigenvalue weighted by Gasteiger charge is 2.43. The predicted molar refractivity (Wildman–Crippen MR) is 87.7 cm³/mol. The summed E-state index contributed by atoms with van der Waals surface area (Å²) in [6.45, 7) is 2.40. The highest BCUT2D eigenvalue weighted by atomic mass is 32.1. The van der Waals surface area contributed by atoms with E-state index in [1.807, 2.05) is 31.5 Å². The van der Waals surface area contributed by atoms with Gasteiger partial charge in [-0.2, -0.15) is 5.10 Å². The molecule has 7 heteroatoms. The number of amides is 2. The van der Waals surface area contributed by atoms with Gasteiger partial charge in [0.05, 0.1) is 18.2 Å². The molecule has 1 saturated heterocycles. The largest absolute Gasteiger partial charge is 0.352 e. The maximum absolute atomic E-state index is 12.6. The van der Waals surface area contributed by atoms with Crippen molar-refractivity contribution < 1.29 is 9.59 Å². The summed E-state index contributed by atoms with van der Waals surface area (Å²) in [7, 11) is 3.64. The maximum atomic E-state index is 12.6. The van der Waals surface area contributed by atoms with E-state index >= 15 is 0 Å². The third-order valence-corrected chi connectivity index (χ3v) is 5.49. The van der Waals surface area contributed by atoms with Crippen molar-refractivity contribution >= 4 is 23.2 Å². The highest BCUT2D eigenvalue weighted by Crippen LogP contribution is 2.39. The van der Waals surface area contributed by atoms with Gasteiger partial charge in [-0.15, -0.1) is 11.3 Å². The number of hydrogen-bond acceptors (Lipinski definition) is 4. The summed E-state index contributed by atoms with van der Waals surface area (Å²) >= 11 is 1.58. The Labute approximate surface area is 139 Å². The Hall–Kier alpha value is -2.15. The molecular weight excluding hydrogens is 312 g/mol. The molecule has 2 atom stereocenters. The van der Waals surface area contributed by atoms with Gasteiger partial charge in [0.1, 0.15) is 0 Å². The molecule has 0 radical (unpaired) electrons. The zero-order chi connectivity index (χ0) is 16.6. The zero-order valence-corrected chi connectivity index (χ0v) is 14.3. The molecule has 122 valence electrons. The van der Waals surface area contributed by atoms with Crippen molar-refractivity contribution in [1.29, 1.82) is 0 Å². The molecule has 1 aliphatic rings. The fourth-order valence-corrected chi connectivity index (χ4v) is 3.92. The van der Waals surface area contributed by atoms with E-state index in [0.717, 1.165) is 16.1 Å². The summed E-state index contributed by atoms with van der Waals surface area (Å²) in [4.78, 5) is 27.4. The minimum absolute atomic E-state index is 0.0149. The van der Waals surface area contributed by atoms with Crippen LogP contribution < -0.4 is 5.32 Å². The number of carbonyl (C=O) groups is 2. The normalized spacial score (nSPS) is 21.0. The van der Waals surface area contributed by atoms with E-state index < -0.39 is 0 Å². The average molecular weight is 332 g/mol. The summed E-state index contributed by atoms with van der Waals surface area (Å²) in [5.74, 6) is -0.409. The second-order valence-corrected chi connectivity index (χ2v) is 6.85. The number of thiophene rings is 1. The molecule has 2 aromatic rings. The SMILES string of the molecule is Cc1c(CNC(=O)[C@@H]2CC(=O)N(C)[C@H]2c2cccs2)cnn1C. The molecule has 0 aromatic carbocycles. The van der Waals surface area contributed by atoms with Crippen molar-refractivity contribution in [1.82, 2.24) is 20.0 Å². The molecular formula is C16H20N4O2S. The van der Waals surface area contributed by atoms with Crippen LogP contribution >= 0.6 is 11.3 Å². The number of rotatable bonds is 4. The lowest BCUT2D eigenvalue weighted by atomic mass is 9.98. The lowest BCUT2D eigenvalue weighted by Gasteiger charge is -2.23. The smallest absolute Gasteiger partial charge is 0.226 e. The van der Waals surface area contributed by atoms with Crippen molar-refractivity contribution in [2.75, 3.05) is 7.05 Å². The van der Waals surface area contributed by atoms with Crippen LogP contribution in [0.3, 0.4) is 0 Å². The minimum atomic E-state index is -0.344. The summed E-state index contributed by atoms with van der Waals surface area (Å²) in [6.07, 6.45) is 2.02. The summed E-state index contributed by atoms with van der Waals surface area (Å²) in [6, 6.07) is 3.76. The molecule has 0 bridgehead atoms. The molecule has 6 nitrogen and oxygen atoms in total. The molecule has 2 aromatic heterocycles. The van der Waals surface area contributed by atoms with Crippen LogP contribution in [0, 0.1) is 12.8 Å². The highest BCUT2D eigenvalue weighted by molar-refractivity contribution is 7.10. The first kappa shape index (κ1) is 15.7. The first-order valence-electron chi connectivity index (χ1n) is 7.53. The Bertz CT molecular complexity index is 723. The number of aromatic nitrogens is 2. The van der Waals surface area contributed by atoms with E-state index in [0.29, 0.717) is 6.54 Å². The summed E-state index contributed by atoms with van der Waals surface area (Å²) in [5.41, 5.74) is 2.02. The van der Waals surface area contributed by atoms with Crippen LogP contribution in [0.15, 0.2) is 23.7 Å². The quantitative estimate of drug-likeness (QED) is 0.925. The third kappa shape index (κ3) is 2.88. The zero-order valence-electron chi connectivity index (χ0n) is 13.4. The molecule has 3 rings (SSSR count). The number of nitrogens with one attached hydrogen (secondary N) is 1. The first-order valence-corrected chi connectivity index (χ1v) is 8.41. The van der Waals surface area contributed by atoms with E-state index in [1.54, 1.807) is 34.2 Å². The van der Waals surface area contributed by atoms with E-state index in [2.05, 4.69) is 10.4 Å². The van der Waals surface area contributed by atoms with Gasteiger partial charge in [0.15, 0.2) is 0 Å². The van der Waals surface area contributed by atoms with Crippen LogP contribution in [-0.4, -0.2) is 33.5 Å². The number of carbonyl (C=O) groups excluding carboxylic acids is 2. The van der Waals surface area contributed by atoms with Gasteiger partial charge < -0.3 is 10.2 Å².